The first kappa shape index (κ1) is 82.6. The number of rotatable bonds is 39. The van der Waals surface area contributed by atoms with Crippen molar-refractivity contribution in [3.63, 3.8) is 0 Å². The van der Waals surface area contributed by atoms with Gasteiger partial charge in [-0.15, -0.1) is 0 Å². The molecule has 0 bridgehead atoms. The number of aliphatic carboxylic acids is 4. The summed E-state index contributed by atoms with van der Waals surface area (Å²) in [6.45, 7) is 23.4. The Morgan fingerprint density at radius 2 is 1.11 bits per heavy atom. The molecule has 21 nitrogen and oxygen atoms in total. The number of hydrogen-bond acceptors (Lipinski definition) is 12. The zero-order valence-corrected chi connectivity index (χ0v) is 64.2. The Labute approximate surface area is 609 Å². The average molecular weight is 1460 g/mol. The van der Waals surface area contributed by atoms with E-state index in [1.165, 1.54) is 34.6 Å². The maximum absolute atomic E-state index is 15.6. The zero-order chi connectivity index (χ0) is 76.4. The highest BCUT2D eigenvalue weighted by atomic mass is 32.2. The average Bonchev–Trinajstić information content (AvgIpc) is 1.16. The van der Waals surface area contributed by atoms with Gasteiger partial charge in [-0.25, -0.2) is 0 Å². The number of unbranched alkanes of at least 4 members (excludes halogenated alkanes) is 7. The molecule has 0 radical (unpaired) electrons. The van der Waals surface area contributed by atoms with E-state index in [0.717, 1.165) is 104 Å². The molecule has 7 rings (SSSR count). The lowest BCUT2D eigenvalue weighted by molar-refractivity contribution is -0.438. The SMILES string of the molecule is CCCCCCCCNC(=O)C(C)C(C(=O)O)C(C)(C)C(C(=O)O)C(C(=O)O)C(C)(C)C(C(=O)NCCNC1=C(C=CC2=[N+](CCCCS(=O)(=O)O)c3ccc4ccccc4c3C2(C)C)CCCC1=CC=C1N(CCCCS(=O)(=O)O)c2ccc3ccccc3c2C1(C)C)C(C(=O)O)C(C)(C)CC. The number of nitrogens with one attached hydrogen (secondary N) is 3. The molecule has 564 valence electrons. The molecule has 103 heavy (non-hydrogen) atoms. The highest BCUT2D eigenvalue weighted by Gasteiger charge is 2.62. The molecule has 2 aliphatic heterocycles. The van der Waals surface area contributed by atoms with Gasteiger partial charge in [-0.1, -0.05) is 181 Å². The first-order valence-corrected chi connectivity index (χ1v) is 39.8. The molecule has 23 heteroatoms. The van der Waals surface area contributed by atoms with Gasteiger partial charge in [0.1, 0.15) is 6.54 Å². The number of carbonyl (C=O) groups is 6. The summed E-state index contributed by atoms with van der Waals surface area (Å²) >= 11 is 0. The summed E-state index contributed by atoms with van der Waals surface area (Å²) in [5.74, 6) is -19.4. The quantitative estimate of drug-likeness (QED) is 0.0114. The minimum absolute atomic E-state index is 0.0306. The van der Waals surface area contributed by atoms with E-state index < -0.39 is 130 Å². The third-order valence-corrected chi connectivity index (χ3v) is 24.0. The zero-order valence-electron chi connectivity index (χ0n) is 62.5. The largest absolute Gasteiger partial charge is 0.481 e. The molecule has 4 aromatic carbocycles. The Bertz CT molecular complexity index is 4220. The lowest BCUT2D eigenvalue weighted by Crippen LogP contribution is -2.59. The van der Waals surface area contributed by atoms with Crippen molar-refractivity contribution in [1.29, 1.82) is 0 Å². The summed E-state index contributed by atoms with van der Waals surface area (Å²) in [6, 6.07) is 24.6. The smallest absolute Gasteiger partial charge is 0.307 e. The first-order chi connectivity index (χ1) is 48.2. The molecule has 0 fully saturated rings. The van der Waals surface area contributed by atoms with Crippen LogP contribution < -0.4 is 20.9 Å². The number of fused-ring (bicyclic) bond motifs is 6. The van der Waals surface area contributed by atoms with E-state index in [1.807, 2.05) is 24.3 Å². The van der Waals surface area contributed by atoms with E-state index in [4.69, 9.17) is 0 Å². The number of anilines is 1. The van der Waals surface area contributed by atoms with Crippen LogP contribution in [-0.4, -0.2) is 137 Å². The second-order valence-electron chi connectivity index (χ2n) is 31.4. The highest BCUT2D eigenvalue weighted by Crippen LogP contribution is 2.55. The number of nitrogens with zero attached hydrogens (tertiary/aromatic N) is 2. The molecule has 6 atom stereocenters. The lowest BCUT2D eigenvalue weighted by Gasteiger charge is -2.50. The number of amides is 2. The van der Waals surface area contributed by atoms with Crippen molar-refractivity contribution < 1.29 is 79.7 Å². The van der Waals surface area contributed by atoms with Crippen molar-refractivity contribution in [1.82, 2.24) is 16.0 Å². The van der Waals surface area contributed by atoms with Crippen LogP contribution in [0.15, 0.2) is 120 Å². The van der Waals surface area contributed by atoms with Crippen molar-refractivity contribution in [2.24, 2.45) is 51.8 Å². The van der Waals surface area contributed by atoms with Gasteiger partial charge in [0.2, 0.25) is 17.5 Å². The van der Waals surface area contributed by atoms with Gasteiger partial charge >= 0.3 is 23.9 Å². The molecule has 3 aliphatic rings. The minimum Gasteiger partial charge on any atom is -0.481 e. The Kier molecular flexibility index (Phi) is 27.3. The van der Waals surface area contributed by atoms with Crippen LogP contribution in [0, 0.1) is 51.8 Å². The predicted octanol–water partition coefficient (Wildman–Crippen LogP) is 14.0. The van der Waals surface area contributed by atoms with Gasteiger partial charge in [-0.05, 0) is 132 Å². The highest BCUT2D eigenvalue weighted by molar-refractivity contribution is 7.86. The molecule has 9 N–H and O–H groups in total. The molecule has 0 spiro atoms. The molecule has 0 saturated carbocycles. The standard InChI is InChI=1S/C80H111N5O16S2/c1-14-16-17-18-19-24-44-82-70(86)51(3)62(72(88)89)79(10,11)67(74(92)93)68(75(94)95)80(12,13)65(66(73(90)91)76(4,5)15-2)71(87)83-46-45-81-69-54(38-42-60-77(6,7)63-56-34-22-20-30-52(56)36-40-58(63)84(60)47-25-27-49-102(96,97)98)32-29-33-55(69)39-43-61-78(8,9)64-57-35-23-21-31-53(57)37-41-59(64)85(61)48-26-28-50-103(99,100)101/h20-23,30-31,34-43,51,62,65-68H,14-19,24-29,32-33,44-50H2,1-13H3,(H8,82,83,86,87,88,89,90,91,92,93,94,95,96,97,98,99,100,101)/p+1. The van der Waals surface area contributed by atoms with Crippen molar-refractivity contribution >= 4 is 94.6 Å². The fourth-order valence-electron chi connectivity index (χ4n) is 16.8. The van der Waals surface area contributed by atoms with E-state index in [1.54, 1.807) is 20.8 Å². The van der Waals surface area contributed by atoms with Gasteiger partial charge in [0.15, 0.2) is 5.71 Å². The monoisotopic (exact) mass is 1460 g/mol. The van der Waals surface area contributed by atoms with Crippen LogP contribution in [0.1, 0.15) is 191 Å². The lowest BCUT2D eigenvalue weighted by atomic mass is 9.51. The molecule has 2 heterocycles. The van der Waals surface area contributed by atoms with Gasteiger partial charge in [0.25, 0.3) is 20.2 Å². The second-order valence-corrected chi connectivity index (χ2v) is 34.6. The maximum Gasteiger partial charge on any atom is 0.307 e. The van der Waals surface area contributed by atoms with E-state index in [-0.39, 0.29) is 38.9 Å². The number of carbonyl (C=O) groups excluding carboxylic acids is 2. The Hall–Kier alpha value is -7.73. The van der Waals surface area contributed by atoms with E-state index in [9.17, 15) is 70.3 Å². The van der Waals surface area contributed by atoms with Crippen molar-refractivity contribution in [2.75, 3.05) is 49.1 Å². The predicted molar refractivity (Wildman–Crippen MR) is 405 cm³/mol. The summed E-state index contributed by atoms with van der Waals surface area (Å²) < 4.78 is 69.4. The summed E-state index contributed by atoms with van der Waals surface area (Å²) in [7, 11) is -8.43. The minimum atomic E-state index is -4.21. The van der Waals surface area contributed by atoms with E-state index >= 15 is 4.79 Å². The normalized spacial score (nSPS) is 18.2. The van der Waals surface area contributed by atoms with Gasteiger partial charge in [0, 0.05) is 78.7 Å². The van der Waals surface area contributed by atoms with Crippen LogP contribution in [0.2, 0.25) is 0 Å². The molecular weight excluding hydrogens is 1350 g/mol. The number of allylic oxidation sites excluding steroid dienone is 7. The number of hydrogen-bond donors (Lipinski definition) is 9. The topological polar surface area (TPSA) is 334 Å². The second kappa shape index (κ2) is 34.0. The Balaban J connectivity index is 1.32. The molecule has 0 saturated heterocycles. The van der Waals surface area contributed by atoms with Crippen LogP contribution >= 0.6 is 0 Å². The van der Waals surface area contributed by atoms with Crippen molar-refractivity contribution in [3.05, 3.63) is 131 Å². The number of benzene rings is 4. The third kappa shape index (κ3) is 19.0. The Morgan fingerprint density at radius 3 is 1.68 bits per heavy atom. The van der Waals surface area contributed by atoms with Crippen LogP contribution in [0.4, 0.5) is 11.4 Å². The fourth-order valence-corrected chi connectivity index (χ4v) is 18.0. The van der Waals surface area contributed by atoms with Crippen molar-refractivity contribution in [2.45, 2.75) is 191 Å². The van der Waals surface area contributed by atoms with Crippen molar-refractivity contribution in [3.8, 4) is 0 Å². The third-order valence-electron chi connectivity index (χ3n) is 22.4. The summed E-state index contributed by atoms with van der Waals surface area (Å²) in [5, 5.41) is 58.7. The van der Waals surface area contributed by atoms with Crippen LogP contribution in [0.25, 0.3) is 21.5 Å². The van der Waals surface area contributed by atoms with Gasteiger partial charge < -0.3 is 41.3 Å². The van der Waals surface area contributed by atoms with Crippen LogP contribution in [0.5, 0.6) is 0 Å². The molecular formula is C80H112N5O16S2+. The molecule has 1 aliphatic carbocycles. The van der Waals surface area contributed by atoms with Crippen LogP contribution in [-0.2, 0) is 59.8 Å². The van der Waals surface area contributed by atoms with Gasteiger partial charge in [-0.3, -0.25) is 37.9 Å². The Morgan fingerprint density at radius 1 is 0.573 bits per heavy atom. The summed E-state index contributed by atoms with van der Waals surface area (Å²) in [5.41, 5.74) is 2.03. The fraction of sp³-hybridized carbons (Fsp3) is 0.562. The summed E-state index contributed by atoms with van der Waals surface area (Å²) in [4.78, 5) is 87.2. The molecule has 0 aromatic heterocycles. The van der Waals surface area contributed by atoms with E-state index in [2.05, 4.69) is 133 Å². The summed E-state index contributed by atoms with van der Waals surface area (Å²) in [6.07, 6.45) is 17.3. The van der Waals surface area contributed by atoms with Gasteiger partial charge in [0.05, 0.1) is 46.5 Å². The molecule has 4 aromatic rings. The number of carboxylic acids is 4. The molecule has 6 unspecified atom stereocenters. The maximum atomic E-state index is 15.6. The van der Waals surface area contributed by atoms with Gasteiger partial charge in [-0.2, -0.15) is 21.4 Å². The van der Waals surface area contributed by atoms with Crippen LogP contribution in [0.3, 0.4) is 0 Å². The van der Waals surface area contributed by atoms with E-state index in [0.29, 0.717) is 51.6 Å². The first-order valence-electron chi connectivity index (χ1n) is 36.6. The molecule has 2 amide bonds. The number of carboxylic acid groups (broad SMARTS) is 4.